The Labute approximate surface area is 118 Å². The number of nitrogens with two attached hydrogens (primary N) is 1. The molecule has 0 aliphatic carbocycles. The van der Waals surface area contributed by atoms with E-state index < -0.39 is 0 Å². The summed E-state index contributed by atoms with van der Waals surface area (Å²) in [6.07, 6.45) is 0.364. The zero-order chi connectivity index (χ0) is 14.0. The van der Waals surface area contributed by atoms with E-state index in [0.717, 1.165) is 31.9 Å². The third-order valence-electron chi connectivity index (χ3n) is 3.48. The molecule has 2 rings (SSSR count). The van der Waals surface area contributed by atoms with E-state index in [4.69, 9.17) is 5.73 Å². The van der Waals surface area contributed by atoms with E-state index in [1.165, 1.54) is 11.3 Å². The van der Waals surface area contributed by atoms with Crippen molar-refractivity contribution in [2.45, 2.75) is 32.7 Å². The van der Waals surface area contributed by atoms with Gasteiger partial charge in [0.1, 0.15) is 0 Å². The van der Waals surface area contributed by atoms with E-state index in [9.17, 15) is 4.79 Å². The van der Waals surface area contributed by atoms with Gasteiger partial charge in [-0.2, -0.15) is 0 Å². The number of carbonyl (C=O) groups excluding carboxylic acids is 1. The molecule has 2 heterocycles. The van der Waals surface area contributed by atoms with Crippen LogP contribution in [0, 0.1) is 0 Å². The first-order valence-electron chi connectivity index (χ1n) is 6.59. The Balaban J connectivity index is 1.86. The van der Waals surface area contributed by atoms with Crippen molar-refractivity contribution in [1.29, 1.82) is 0 Å². The van der Waals surface area contributed by atoms with Gasteiger partial charge in [0, 0.05) is 37.1 Å². The van der Waals surface area contributed by atoms with Gasteiger partial charge in [0.15, 0.2) is 5.13 Å². The summed E-state index contributed by atoms with van der Waals surface area (Å²) in [5.41, 5.74) is 6.54. The molecule has 1 aliphatic heterocycles. The highest BCUT2D eigenvalue weighted by Gasteiger charge is 2.27. The number of carbonyl (C=O) groups is 1. The molecule has 1 aliphatic rings. The second-order valence-corrected chi connectivity index (χ2v) is 6.78. The molecule has 1 aromatic rings. The normalized spacial score (nSPS) is 17.7. The number of hydrogen-bond acceptors (Lipinski definition) is 5. The molecular formula is C13H22N4OS. The van der Waals surface area contributed by atoms with Crippen molar-refractivity contribution in [2.24, 2.45) is 0 Å². The van der Waals surface area contributed by atoms with Crippen LogP contribution in [-0.2, 0) is 11.2 Å². The number of piperazine rings is 1. The van der Waals surface area contributed by atoms with Crippen LogP contribution in [0.25, 0.3) is 0 Å². The third-order valence-corrected chi connectivity index (χ3v) is 4.21. The number of anilines is 1. The standard InChI is InChI=1S/C13H22N4OS/c1-13(2,3)17-6-4-16(5-7-17)11(18)8-10-9-19-12(14)15-10/h9H,4-8H2,1-3H3,(H2,14,15). The summed E-state index contributed by atoms with van der Waals surface area (Å²) in [5, 5.41) is 2.39. The fraction of sp³-hybridized carbons (Fsp3) is 0.692. The Kier molecular flexibility index (Phi) is 4.10. The molecule has 1 aromatic heterocycles. The van der Waals surface area contributed by atoms with Crippen LogP contribution in [0.3, 0.4) is 0 Å². The van der Waals surface area contributed by atoms with Gasteiger partial charge < -0.3 is 10.6 Å². The average molecular weight is 282 g/mol. The number of rotatable bonds is 2. The maximum absolute atomic E-state index is 12.2. The van der Waals surface area contributed by atoms with Gasteiger partial charge in [-0.1, -0.05) is 0 Å². The molecule has 106 valence electrons. The largest absolute Gasteiger partial charge is 0.375 e. The van der Waals surface area contributed by atoms with Gasteiger partial charge in [-0.25, -0.2) is 4.98 Å². The van der Waals surface area contributed by atoms with Crippen LogP contribution in [-0.4, -0.2) is 52.4 Å². The number of aromatic nitrogens is 1. The van der Waals surface area contributed by atoms with Crippen LogP contribution in [0.4, 0.5) is 5.13 Å². The van der Waals surface area contributed by atoms with E-state index in [1.54, 1.807) is 0 Å². The summed E-state index contributed by atoms with van der Waals surface area (Å²) in [7, 11) is 0. The highest BCUT2D eigenvalue weighted by Crippen LogP contribution is 2.17. The first kappa shape index (κ1) is 14.3. The van der Waals surface area contributed by atoms with Crippen LogP contribution in [0.15, 0.2) is 5.38 Å². The maximum atomic E-state index is 12.2. The molecule has 0 aromatic carbocycles. The molecule has 2 N–H and O–H groups in total. The number of hydrogen-bond donors (Lipinski definition) is 1. The van der Waals surface area contributed by atoms with E-state index >= 15 is 0 Å². The number of nitrogens with zero attached hydrogens (tertiary/aromatic N) is 3. The lowest BCUT2D eigenvalue weighted by molar-refractivity contribution is -0.133. The van der Waals surface area contributed by atoms with Gasteiger partial charge >= 0.3 is 0 Å². The quantitative estimate of drug-likeness (QED) is 0.885. The minimum Gasteiger partial charge on any atom is -0.375 e. The summed E-state index contributed by atoms with van der Waals surface area (Å²) in [6.45, 7) is 10.1. The molecule has 5 nitrogen and oxygen atoms in total. The lowest BCUT2D eigenvalue weighted by Crippen LogP contribution is -2.54. The second kappa shape index (κ2) is 5.46. The summed E-state index contributed by atoms with van der Waals surface area (Å²) in [5.74, 6) is 0.152. The van der Waals surface area contributed by atoms with Gasteiger partial charge in [0.05, 0.1) is 12.1 Å². The maximum Gasteiger partial charge on any atom is 0.228 e. The molecule has 0 radical (unpaired) electrons. The SMILES string of the molecule is CC(C)(C)N1CCN(C(=O)Cc2csc(N)n2)CC1. The lowest BCUT2D eigenvalue weighted by atomic mass is 10.0. The average Bonchev–Trinajstić information content (AvgIpc) is 2.74. The fourth-order valence-corrected chi connectivity index (χ4v) is 2.86. The predicted molar refractivity (Wildman–Crippen MR) is 78.1 cm³/mol. The zero-order valence-corrected chi connectivity index (χ0v) is 12.7. The minimum atomic E-state index is 0.152. The van der Waals surface area contributed by atoms with Crippen molar-refractivity contribution in [3.8, 4) is 0 Å². The zero-order valence-electron chi connectivity index (χ0n) is 11.8. The van der Waals surface area contributed by atoms with Gasteiger partial charge in [-0.3, -0.25) is 9.69 Å². The van der Waals surface area contributed by atoms with Crippen molar-refractivity contribution in [2.75, 3.05) is 31.9 Å². The van der Waals surface area contributed by atoms with Crippen LogP contribution < -0.4 is 5.73 Å². The predicted octanol–water partition coefficient (Wildman–Crippen LogP) is 1.21. The Hall–Kier alpha value is -1.14. The Bertz CT molecular complexity index is 444. The Morgan fingerprint density at radius 1 is 1.37 bits per heavy atom. The first-order valence-corrected chi connectivity index (χ1v) is 7.47. The van der Waals surface area contributed by atoms with E-state index in [2.05, 4.69) is 30.7 Å². The highest BCUT2D eigenvalue weighted by molar-refractivity contribution is 7.13. The van der Waals surface area contributed by atoms with Gasteiger partial charge in [-0.15, -0.1) is 11.3 Å². The van der Waals surface area contributed by atoms with Crippen molar-refractivity contribution >= 4 is 22.4 Å². The van der Waals surface area contributed by atoms with Crippen LogP contribution in [0.1, 0.15) is 26.5 Å². The van der Waals surface area contributed by atoms with Gasteiger partial charge in [-0.05, 0) is 20.8 Å². The smallest absolute Gasteiger partial charge is 0.228 e. The molecule has 1 saturated heterocycles. The molecule has 0 saturated carbocycles. The topological polar surface area (TPSA) is 62.5 Å². The molecule has 1 fully saturated rings. The van der Waals surface area contributed by atoms with E-state index in [-0.39, 0.29) is 11.4 Å². The van der Waals surface area contributed by atoms with E-state index in [1.807, 2.05) is 10.3 Å². The van der Waals surface area contributed by atoms with Crippen LogP contribution >= 0.6 is 11.3 Å². The first-order chi connectivity index (χ1) is 8.86. The fourth-order valence-electron chi connectivity index (χ4n) is 2.30. The molecule has 1 amide bonds. The molecule has 0 bridgehead atoms. The molecule has 0 spiro atoms. The van der Waals surface area contributed by atoms with Crippen molar-refractivity contribution in [3.63, 3.8) is 0 Å². The minimum absolute atomic E-state index is 0.152. The summed E-state index contributed by atoms with van der Waals surface area (Å²) < 4.78 is 0. The van der Waals surface area contributed by atoms with Crippen molar-refractivity contribution in [1.82, 2.24) is 14.8 Å². The van der Waals surface area contributed by atoms with Gasteiger partial charge in [0.2, 0.25) is 5.91 Å². The molecule has 0 unspecified atom stereocenters. The Morgan fingerprint density at radius 3 is 2.47 bits per heavy atom. The third kappa shape index (κ3) is 3.67. The van der Waals surface area contributed by atoms with Crippen LogP contribution in [0.5, 0.6) is 0 Å². The lowest BCUT2D eigenvalue weighted by Gasteiger charge is -2.42. The number of nitrogen functional groups attached to an aromatic ring is 1. The second-order valence-electron chi connectivity index (χ2n) is 5.89. The number of amides is 1. The highest BCUT2D eigenvalue weighted by atomic mass is 32.1. The summed E-state index contributed by atoms with van der Waals surface area (Å²) >= 11 is 1.38. The molecule has 0 atom stereocenters. The number of thiazole rings is 1. The molecule has 6 heteroatoms. The van der Waals surface area contributed by atoms with Gasteiger partial charge in [0.25, 0.3) is 0 Å². The van der Waals surface area contributed by atoms with Crippen molar-refractivity contribution in [3.05, 3.63) is 11.1 Å². The Morgan fingerprint density at radius 2 is 2.00 bits per heavy atom. The summed E-state index contributed by atoms with van der Waals surface area (Å²) in [4.78, 5) is 20.6. The van der Waals surface area contributed by atoms with E-state index in [0.29, 0.717) is 11.6 Å². The van der Waals surface area contributed by atoms with Crippen molar-refractivity contribution < 1.29 is 4.79 Å². The monoisotopic (exact) mass is 282 g/mol. The van der Waals surface area contributed by atoms with Crippen LogP contribution in [0.2, 0.25) is 0 Å². The summed E-state index contributed by atoms with van der Waals surface area (Å²) in [6, 6.07) is 0. The molecule has 19 heavy (non-hydrogen) atoms. The molecular weight excluding hydrogens is 260 g/mol.